The van der Waals surface area contributed by atoms with Crippen LogP contribution in [0, 0.1) is 17.3 Å². The molecule has 0 aromatic carbocycles. The van der Waals surface area contributed by atoms with Crippen LogP contribution < -0.4 is 0 Å². The molecule has 1 saturated heterocycles. The Labute approximate surface area is 163 Å². The number of carboxylic acid groups (broad SMARTS) is 1. The lowest BCUT2D eigenvalue weighted by Crippen LogP contribution is -2.28. The number of aliphatic hydroxyl groups excluding tert-OH is 2. The summed E-state index contributed by atoms with van der Waals surface area (Å²) >= 11 is 0. The smallest absolute Gasteiger partial charge is 0.303 e. The van der Waals surface area contributed by atoms with Crippen LogP contribution in [0.4, 0.5) is 0 Å². The largest absolute Gasteiger partial charge is 0.481 e. The van der Waals surface area contributed by atoms with Gasteiger partial charge in [0.25, 0.3) is 0 Å². The van der Waals surface area contributed by atoms with E-state index in [9.17, 15) is 15.0 Å². The average molecular weight is 383 g/mol. The van der Waals surface area contributed by atoms with E-state index in [4.69, 9.17) is 9.84 Å². The van der Waals surface area contributed by atoms with Gasteiger partial charge in [-0.1, -0.05) is 52.2 Å². The van der Waals surface area contributed by atoms with Gasteiger partial charge < -0.3 is 20.1 Å². The lowest BCUT2D eigenvalue weighted by atomic mass is 9.80. The number of fused-ring (bicyclic) bond motifs is 1. The Morgan fingerprint density at radius 2 is 2.00 bits per heavy atom. The minimum Gasteiger partial charge on any atom is -0.481 e. The van der Waals surface area contributed by atoms with Crippen molar-refractivity contribution in [1.82, 2.24) is 0 Å². The van der Waals surface area contributed by atoms with Crippen LogP contribution in [0.25, 0.3) is 0 Å². The lowest BCUT2D eigenvalue weighted by Gasteiger charge is -2.29. The predicted octanol–water partition coefficient (Wildman–Crippen LogP) is 3.92. The van der Waals surface area contributed by atoms with Gasteiger partial charge >= 0.3 is 5.97 Å². The number of rotatable bonds is 11. The van der Waals surface area contributed by atoms with Crippen molar-refractivity contribution in [3.05, 3.63) is 12.2 Å². The number of unbranched alkanes of at least 4 members (excludes halogenated alkanes) is 2. The zero-order valence-electron chi connectivity index (χ0n) is 17.1. The first-order valence-electron chi connectivity index (χ1n) is 10.7. The fourth-order valence-electron chi connectivity index (χ4n) is 4.55. The van der Waals surface area contributed by atoms with Crippen molar-refractivity contribution in [2.75, 3.05) is 0 Å². The Hall–Kier alpha value is -0.910. The van der Waals surface area contributed by atoms with Gasteiger partial charge in [-0.2, -0.15) is 0 Å². The number of carbonyl (C=O) groups is 1. The highest BCUT2D eigenvalue weighted by Crippen LogP contribution is 2.45. The second-order valence-electron chi connectivity index (χ2n) is 9.14. The van der Waals surface area contributed by atoms with Crippen molar-refractivity contribution in [2.24, 2.45) is 17.3 Å². The van der Waals surface area contributed by atoms with E-state index >= 15 is 0 Å². The highest BCUT2D eigenvalue weighted by atomic mass is 16.5. The lowest BCUT2D eigenvalue weighted by molar-refractivity contribution is -0.137. The van der Waals surface area contributed by atoms with Crippen LogP contribution in [-0.4, -0.2) is 45.7 Å². The fourth-order valence-corrected chi connectivity index (χ4v) is 4.55. The van der Waals surface area contributed by atoms with E-state index in [-0.39, 0.29) is 30.0 Å². The first-order valence-corrected chi connectivity index (χ1v) is 10.7. The first kappa shape index (κ1) is 22.4. The summed E-state index contributed by atoms with van der Waals surface area (Å²) in [6.07, 6.45) is 10.7. The molecule has 1 aliphatic carbocycles. The third kappa shape index (κ3) is 6.30. The third-order valence-electron chi connectivity index (χ3n) is 6.45. The number of hydrogen-bond donors (Lipinski definition) is 3. The van der Waals surface area contributed by atoms with Crippen molar-refractivity contribution < 1.29 is 24.9 Å². The Balaban J connectivity index is 1.86. The summed E-state index contributed by atoms with van der Waals surface area (Å²) in [5.74, 6) is -0.407. The monoisotopic (exact) mass is 382 g/mol. The van der Waals surface area contributed by atoms with Crippen LogP contribution in [0.15, 0.2) is 12.2 Å². The normalized spacial score (nSPS) is 32.1. The standard InChI is InChI=1S/C22H38O5/c1-4-5-12-22(2,3)20(24)11-10-16-17-13-15(8-6-7-9-21(25)26)27-19(17)14-18(16)23/h10-11,15-20,23-24H,4-9,12-14H2,1-3H3,(H,25,26)/b11-10+/t15?,16-,17-,18-,19-,20-/m1/s1. The maximum absolute atomic E-state index is 10.6. The summed E-state index contributed by atoms with van der Waals surface area (Å²) in [7, 11) is 0. The molecule has 0 aromatic rings. The molecule has 0 spiro atoms. The van der Waals surface area contributed by atoms with Gasteiger partial charge in [0.1, 0.15) is 0 Å². The van der Waals surface area contributed by atoms with Gasteiger partial charge in [-0.05, 0) is 37.0 Å². The molecule has 1 aliphatic heterocycles. The van der Waals surface area contributed by atoms with Crippen LogP contribution in [0.2, 0.25) is 0 Å². The van der Waals surface area contributed by atoms with Crippen LogP contribution in [0.5, 0.6) is 0 Å². The van der Waals surface area contributed by atoms with Gasteiger partial charge in [0.05, 0.1) is 24.4 Å². The maximum atomic E-state index is 10.6. The van der Waals surface area contributed by atoms with E-state index in [0.717, 1.165) is 38.5 Å². The Kier molecular flexibility index (Phi) is 8.32. The zero-order chi connectivity index (χ0) is 20.0. The molecule has 3 N–H and O–H groups in total. The third-order valence-corrected chi connectivity index (χ3v) is 6.45. The molecule has 5 nitrogen and oxygen atoms in total. The molecule has 0 bridgehead atoms. The van der Waals surface area contributed by atoms with Gasteiger partial charge in [-0.3, -0.25) is 4.79 Å². The van der Waals surface area contributed by atoms with Crippen molar-refractivity contribution in [3.8, 4) is 0 Å². The molecule has 5 heteroatoms. The number of aliphatic hydroxyl groups is 2. The average Bonchev–Trinajstić information content (AvgIpc) is 3.11. The molecule has 2 fully saturated rings. The molecular weight excluding hydrogens is 344 g/mol. The number of aliphatic carboxylic acids is 1. The van der Waals surface area contributed by atoms with Crippen LogP contribution >= 0.6 is 0 Å². The molecule has 1 unspecified atom stereocenters. The van der Waals surface area contributed by atoms with Crippen LogP contribution in [-0.2, 0) is 9.53 Å². The molecule has 2 rings (SSSR count). The van der Waals surface area contributed by atoms with E-state index < -0.39 is 18.2 Å². The molecule has 2 aliphatic rings. The van der Waals surface area contributed by atoms with E-state index in [1.807, 2.05) is 12.2 Å². The molecule has 1 saturated carbocycles. The molecule has 156 valence electrons. The number of hydrogen-bond acceptors (Lipinski definition) is 4. The molecule has 0 amide bonds. The second-order valence-corrected chi connectivity index (χ2v) is 9.14. The molecule has 27 heavy (non-hydrogen) atoms. The topological polar surface area (TPSA) is 87.0 Å². The summed E-state index contributed by atoms with van der Waals surface area (Å²) < 4.78 is 6.12. The summed E-state index contributed by atoms with van der Waals surface area (Å²) in [6.45, 7) is 6.35. The Bertz CT molecular complexity index is 501. The maximum Gasteiger partial charge on any atom is 0.303 e. The Morgan fingerprint density at radius 3 is 2.67 bits per heavy atom. The summed E-state index contributed by atoms with van der Waals surface area (Å²) in [5, 5.41) is 29.7. The van der Waals surface area contributed by atoms with E-state index in [1.54, 1.807) is 0 Å². The van der Waals surface area contributed by atoms with Crippen molar-refractivity contribution >= 4 is 5.97 Å². The molecule has 1 heterocycles. The van der Waals surface area contributed by atoms with Gasteiger partial charge in [0, 0.05) is 18.8 Å². The minimum absolute atomic E-state index is 0.0376. The van der Waals surface area contributed by atoms with Gasteiger partial charge in [0.2, 0.25) is 0 Å². The second kappa shape index (κ2) is 10.0. The van der Waals surface area contributed by atoms with Gasteiger partial charge in [-0.25, -0.2) is 0 Å². The number of carboxylic acids is 1. The highest BCUT2D eigenvalue weighted by Gasteiger charge is 2.47. The molecular formula is C22H38O5. The molecule has 0 aromatic heterocycles. The number of ether oxygens (including phenoxy) is 1. The highest BCUT2D eigenvalue weighted by molar-refractivity contribution is 5.66. The van der Waals surface area contributed by atoms with E-state index in [2.05, 4.69) is 20.8 Å². The minimum atomic E-state index is -0.743. The van der Waals surface area contributed by atoms with Crippen LogP contribution in [0.3, 0.4) is 0 Å². The van der Waals surface area contributed by atoms with Gasteiger partial charge in [-0.15, -0.1) is 0 Å². The summed E-state index contributed by atoms with van der Waals surface area (Å²) in [5.41, 5.74) is -0.158. The Morgan fingerprint density at radius 1 is 1.26 bits per heavy atom. The fraction of sp³-hybridized carbons (Fsp3) is 0.864. The summed E-state index contributed by atoms with van der Waals surface area (Å²) in [4.78, 5) is 10.6. The first-order chi connectivity index (χ1) is 12.7. The quantitative estimate of drug-likeness (QED) is 0.372. The van der Waals surface area contributed by atoms with E-state index in [0.29, 0.717) is 18.8 Å². The van der Waals surface area contributed by atoms with Crippen LogP contribution in [0.1, 0.15) is 78.6 Å². The van der Waals surface area contributed by atoms with Gasteiger partial charge in [0.15, 0.2) is 0 Å². The SMILES string of the molecule is CCCCC(C)(C)[C@H](O)/C=C/[C@@H]1[C@H]2CC(CCCCC(=O)O)O[C@@H]2C[C@H]1O. The van der Waals surface area contributed by atoms with Crippen molar-refractivity contribution in [3.63, 3.8) is 0 Å². The van der Waals surface area contributed by atoms with Crippen molar-refractivity contribution in [2.45, 2.75) is 103 Å². The summed E-state index contributed by atoms with van der Waals surface area (Å²) in [6, 6.07) is 0. The van der Waals surface area contributed by atoms with Crippen molar-refractivity contribution in [1.29, 1.82) is 0 Å². The van der Waals surface area contributed by atoms with E-state index in [1.165, 1.54) is 0 Å². The molecule has 0 radical (unpaired) electrons. The molecule has 6 atom stereocenters. The predicted molar refractivity (Wildman–Crippen MR) is 105 cm³/mol. The zero-order valence-corrected chi connectivity index (χ0v) is 17.1.